The molecule has 3 fully saturated rings. The van der Waals surface area contributed by atoms with Gasteiger partial charge in [-0.3, -0.25) is 19.2 Å². The van der Waals surface area contributed by atoms with E-state index in [0.29, 0.717) is 13.0 Å². The first-order valence-corrected chi connectivity index (χ1v) is 13.8. The Hall–Kier alpha value is -2.88. The number of nitrogens with zero attached hydrogens (tertiary/aromatic N) is 2. The average Bonchev–Trinajstić information content (AvgIpc) is 3.18. The quantitative estimate of drug-likeness (QED) is 0.426. The first-order chi connectivity index (χ1) is 18.6. The van der Waals surface area contributed by atoms with E-state index in [-0.39, 0.29) is 49.2 Å². The van der Waals surface area contributed by atoms with Crippen LogP contribution in [-0.4, -0.2) is 78.6 Å². The van der Waals surface area contributed by atoms with Gasteiger partial charge in [-0.15, -0.1) is 0 Å². The minimum absolute atomic E-state index is 0. The molecule has 1 saturated carbocycles. The van der Waals surface area contributed by atoms with Crippen molar-refractivity contribution in [1.29, 1.82) is 5.26 Å². The van der Waals surface area contributed by atoms with Crippen LogP contribution in [0.1, 0.15) is 75.7 Å². The van der Waals surface area contributed by atoms with Gasteiger partial charge >= 0.3 is 12.1 Å². The van der Waals surface area contributed by atoms with Crippen molar-refractivity contribution in [2.75, 3.05) is 20.2 Å². The molecule has 0 spiro atoms. The number of amides is 4. The molecule has 3 aliphatic rings. The molecule has 2 heterocycles. The minimum Gasteiger partial charge on any atom is -0.379 e. The number of nitriles is 1. The topological polar surface area (TPSA) is 141 Å². The van der Waals surface area contributed by atoms with E-state index in [2.05, 4.69) is 10.6 Å². The highest BCUT2D eigenvalue weighted by Crippen LogP contribution is 2.65. The molecule has 1 aliphatic carbocycles. The van der Waals surface area contributed by atoms with E-state index < -0.39 is 53.4 Å². The molecule has 3 rings (SSSR count). The first kappa shape index (κ1) is 37.1. The van der Waals surface area contributed by atoms with Crippen molar-refractivity contribution in [3.8, 4) is 6.07 Å². The van der Waals surface area contributed by atoms with Crippen LogP contribution in [0.2, 0.25) is 0 Å². The summed E-state index contributed by atoms with van der Waals surface area (Å²) < 4.78 is 43.7. The lowest BCUT2D eigenvalue weighted by Crippen LogP contribution is -2.61. The molecule has 0 aromatic rings. The lowest BCUT2D eigenvalue weighted by atomic mass is 9.85. The molecule has 13 heteroatoms. The Morgan fingerprint density at radius 1 is 1.14 bits per heavy atom. The summed E-state index contributed by atoms with van der Waals surface area (Å²) in [6.45, 7) is 15.2. The molecule has 2 aliphatic heterocycles. The van der Waals surface area contributed by atoms with E-state index in [1.807, 2.05) is 40.7 Å². The summed E-state index contributed by atoms with van der Waals surface area (Å²) in [7, 11) is 1.71. The number of carbonyl (C=O) groups excluding carboxylic acids is 4. The Balaban J connectivity index is 0.00000114. The molecule has 4 amide bonds. The average molecular weight is 604 g/mol. The van der Waals surface area contributed by atoms with Crippen LogP contribution in [0.25, 0.3) is 0 Å². The summed E-state index contributed by atoms with van der Waals surface area (Å²) in [6, 6.07) is -1.48. The Bertz CT molecular complexity index is 1060. The van der Waals surface area contributed by atoms with E-state index in [9.17, 15) is 37.6 Å². The number of nitrogens with one attached hydrogen (secondary N) is 3. The van der Waals surface area contributed by atoms with Gasteiger partial charge in [0.25, 0.3) is 0 Å². The zero-order chi connectivity index (χ0) is 31.7. The fourth-order valence-electron chi connectivity index (χ4n) is 5.40. The standard InChI is InChI=1S/C23H32F3N5O4.C5H12O.CH4/c1-21(2,3)16(30-20(35)23(24,25)26)19(34)31-10-13-14(22(13,4)5)15(31)18(33)29-12(9-27)8-11-6-7-28-17(11)32;1-5(2,3)6-4;/h11-16H,6-8,10H2,1-5H3,(H,28,32)(H,29,33)(H,30,35);1-4H3;1H4/t11-,12-,13-,14-,15-,16+;;/m0../s1. The van der Waals surface area contributed by atoms with Crippen molar-refractivity contribution in [3.05, 3.63) is 0 Å². The van der Waals surface area contributed by atoms with Crippen LogP contribution in [0.3, 0.4) is 0 Å². The lowest BCUT2D eigenvalue weighted by Gasteiger charge is -2.37. The summed E-state index contributed by atoms with van der Waals surface area (Å²) >= 11 is 0. The van der Waals surface area contributed by atoms with Crippen LogP contribution < -0.4 is 16.0 Å². The molecule has 42 heavy (non-hydrogen) atoms. The summed E-state index contributed by atoms with van der Waals surface area (Å²) in [4.78, 5) is 51.6. The highest BCUT2D eigenvalue weighted by Gasteiger charge is 2.70. The van der Waals surface area contributed by atoms with Crippen LogP contribution in [0.4, 0.5) is 13.2 Å². The summed E-state index contributed by atoms with van der Waals surface area (Å²) in [5.74, 6) is -4.46. The van der Waals surface area contributed by atoms with Gasteiger partial charge in [0.15, 0.2) is 0 Å². The number of fused-ring (bicyclic) bond motifs is 1. The second-order valence-corrected chi connectivity index (χ2v) is 13.7. The zero-order valence-electron chi connectivity index (χ0n) is 25.4. The molecular weight excluding hydrogens is 555 g/mol. The Morgan fingerprint density at radius 3 is 2.10 bits per heavy atom. The third-order valence-electron chi connectivity index (χ3n) is 8.17. The number of likely N-dealkylation sites (tertiary alicyclic amines) is 1. The lowest BCUT2D eigenvalue weighted by molar-refractivity contribution is -0.176. The maximum Gasteiger partial charge on any atom is 0.471 e. The van der Waals surface area contributed by atoms with E-state index >= 15 is 0 Å². The fraction of sp³-hybridized carbons (Fsp3) is 0.828. The molecule has 0 unspecified atom stereocenters. The van der Waals surface area contributed by atoms with Gasteiger partial charge in [-0.25, -0.2) is 0 Å². The summed E-state index contributed by atoms with van der Waals surface area (Å²) in [5, 5.41) is 16.7. The molecule has 240 valence electrons. The summed E-state index contributed by atoms with van der Waals surface area (Å²) in [6.07, 6.45) is -4.49. The molecular formula is C29H48F3N5O5. The highest BCUT2D eigenvalue weighted by atomic mass is 19.4. The van der Waals surface area contributed by atoms with Gasteiger partial charge in [-0.2, -0.15) is 18.4 Å². The molecule has 2 saturated heterocycles. The van der Waals surface area contributed by atoms with Crippen LogP contribution in [0, 0.1) is 39.9 Å². The fourth-order valence-corrected chi connectivity index (χ4v) is 5.40. The number of carbonyl (C=O) groups is 4. The number of methoxy groups -OCH3 is 1. The highest BCUT2D eigenvalue weighted by molar-refractivity contribution is 5.95. The number of rotatable bonds is 6. The Labute approximate surface area is 247 Å². The van der Waals surface area contributed by atoms with Crippen molar-refractivity contribution in [2.24, 2.45) is 28.6 Å². The Kier molecular flexibility index (Phi) is 11.7. The van der Waals surface area contributed by atoms with E-state index in [0.717, 1.165) is 0 Å². The monoisotopic (exact) mass is 603 g/mol. The van der Waals surface area contributed by atoms with Gasteiger partial charge in [-0.05, 0) is 56.3 Å². The molecule has 0 bridgehead atoms. The molecule has 6 atom stereocenters. The van der Waals surface area contributed by atoms with Gasteiger partial charge in [0.2, 0.25) is 17.7 Å². The summed E-state index contributed by atoms with van der Waals surface area (Å²) in [5.41, 5.74) is -1.29. The molecule has 0 radical (unpaired) electrons. The first-order valence-electron chi connectivity index (χ1n) is 13.8. The molecule has 3 N–H and O–H groups in total. The molecule has 0 aromatic carbocycles. The molecule has 10 nitrogen and oxygen atoms in total. The second-order valence-electron chi connectivity index (χ2n) is 13.7. The Morgan fingerprint density at radius 2 is 1.69 bits per heavy atom. The number of halogens is 3. The third-order valence-corrected chi connectivity index (χ3v) is 8.17. The maximum atomic E-state index is 13.5. The normalized spacial score (nSPS) is 25.8. The third kappa shape index (κ3) is 8.82. The number of hydrogen-bond donors (Lipinski definition) is 3. The maximum absolute atomic E-state index is 13.5. The zero-order valence-corrected chi connectivity index (χ0v) is 25.4. The van der Waals surface area contributed by atoms with Crippen LogP contribution in [-0.2, 0) is 23.9 Å². The second kappa shape index (κ2) is 13.2. The SMILES string of the molecule is C.CC(C)(C)[C@H](NC(=O)C(F)(F)F)C(=O)N1C[C@H]2[C@@H]([C@H]1C(=O)N[C@H](C#N)C[C@@H]1CCNC1=O)C2(C)C.COC(C)(C)C. The number of alkyl halides is 3. The van der Waals surface area contributed by atoms with Crippen molar-refractivity contribution < 1.29 is 37.1 Å². The minimum atomic E-state index is -5.16. The largest absolute Gasteiger partial charge is 0.471 e. The van der Waals surface area contributed by atoms with Gasteiger partial charge in [0, 0.05) is 26.1 Å². The number of piperidine rings is 1. The van der Waals surface area contributed by atoms with E-state index in [4.69, 9.17) is 4.74 Å². The smallest absolute Gasteiger partial charge is 0.379 e. The van der Waals surface area contributed by atoms with Crippen molar-refractivity contribution >= 4 is 23.6 Å². The van der Waals surface area contributed by atoms with Crippen molar-refractivity contribution in [2.45, 2.75) is 106 Å². The van der Waals surface area contributed by atoms with Gasteiger partial charge < -0.3 is 25.6 Å². The van der Waals surface area contributed by atoms with Gasteiger partial charge in [0.05, 0.1) is 11.7 Å². The van der Waals surface area contributed by atoms with Crippen molar-refractivity contribution in [3.63, 3.8) is 0 Å². The predicted octanol–water partition coefficient (Wildman–Crippen LogP) is 3.16. The molecule has 0 aromatic heterocycles. The van der Waals surface area contributed by atoms with Crippen LogP contribution >= 0.6 is 0 Å². The van der Waals surface area contributed by atoms with Crippen LogP contribution in [0.5, 0.6) is 0 Å². The van der Waals surface area contributed by atoms with E-state index in [1.54, 1.807) is 12.4 Å². The van der Waals surface area contributed by atoms with Crippen molar-refractivity contribution in [1.82, 2.24) is 20.9 Å². The predicted molar refractivity (Wildman–Crippen MR) is 150 cm³/mol. The van der Waals surface area contributed by atoms with E-state index in [1.165, 1.54) is 25.7 Å². The number of hydrogen-bond acceptors (Lipinski definition) is 6. The number of ether oxygens (including phenoxy) is 1. The van der Waals surface area contributed by atoms with Gasteiger partial charge in [-0.1, -0.05) is 42.0 Å². The van der Waals surface area contributed by atoms with Gasteiger partial charge in [0.1, 0.15) is 18.1 Å². The van der Waals surface area contributed by atoms with Crippen LogP contribution in [0.15, 0.2) is 0 Å².